The van der Waals surface area contributed by atoms with Crippen LogP contribution < -0.4 is 5.73 Å². The molecule has 0 aliphatic heterocycles. The van der Waals surface area contributed by atoms with Crippen molar-refractivity contribution in [2.24, 2.45) is 0 Å². The second-order valence-electron chi connectivity index (χ2n) is 4.45. The highest BCUT2D eigenvalue weighted by Crippen LogP contribution is 2.21. The molecule has 2 N–H and O–H groups in total. The van der Waals surface area contributed by atoms with Gasteiger partial charge in [0.1, 0.15) is 6.61 Å². The number of nitrogens with zero attached hydrogens (tertiary/aromatic N) is 1. The van der Waals surface area contributed by atoms with Crippen LogP contribution in [0.3, 0.4) is 0 Å². The molecule has 2 rings (SSSR count). The molecule has 0 aromatic heterocycles. The summed E-state index contributed by atoms with van der Waals surface area (Å²) in [5.74, 6) is -0.685. The molecule has 7 heteroatoms. The highest BCUT2D eigenvalue weighted by molar-refractivity contribution is 7.98. The minimum Gasteiger partial charge on any atom is -0.457 e. The maximum absolute atomic E-state index is 12.0. The Morgan fingerprint density at radius 3 is 2.55 bits per heavy atom. The van der Waals surface area contributed by atoms with Gasteiger partial charge in [-0.25, -0.2) is 4.79 Å². The largest absolute Gasteiger partial charge is 0.457 e. The Morgan fingerprint density at radius 2 is 1.95 bits per heavy atom. The summed E-state index contributed by atoms with van der Waals surface area (Å²) >= 11 is 1.62. The molecule has 2 aromatic carbocycles. The van der Waals surface area contributed by atoms with Gasteiger partial charge in [-0.2, -0.15) is 0 Å². The second kappa shape index (κ2) is 6.95. The molecule has 0 amide bonds. The fourth-order valence-electron chi connectivity index (χ4n) is 1.78. The molecular formula is C15H14N2O4S. The van der Waals surface area contributed by atoms with Gasteiger partial charge in [0.25, 0.3) is 5.69 Å². The Hall–Kier alpha value is -2.54. The van der Waals surface area contributed by atoms with Crippen molar-refractivity contribution in [1.82, 2.24) is 0 Å². The number of hydrogen-bond acceptors (Lipinski definition) is 6. The lowest BCUT2D eigenvalue weighted by molar-refractivity contribution is -0.384. The molecule has 0 saturated heterocycles. The summed E-state index contributed by atoms with van der Waals surface area (Å²) in [6.45, 7) is 0.0790. The maximum atomic E-state index is 12.0. The number of non-ortho nitro benzene ring substituents is 1. The van der Waals surface area contributed by atoms with Gasteiger partial charge in [0.15, 0.2) is 0 Å². The molecule has 2 aromatic rings. The molecule has 0 fully saturated rings. The van der Waals surface area contributed by atoms with Crippen LogP contribution in [0, 0.1) is 10.1 Å². The third-order valence-corrected chi connectivity index (χ3v) is 3.74. The van der Waals surface area contributed by atoms with E-state index < -0.39 is 10.9 Å². The van der Waals surface area contributed by atoms with Crippen molar-refractivity contribution in [2.75, 3.05) is 12.0 Å². The first kappa shape index (κ1) is 15.8. The predicted molar refractivity (Wildman–Crippen MR) is 84.9 cm³/mol. The highest BCUT2D eigenvalue weighted by Gasteiger charge is 2.16. The van der Waals surface area contributed by atoms with Crippen LogP contribution in [-0.2, 0) is 11.3 Å². The van der Waals surface area contributed by atoms with Gasteiger partial charge in [0.05, 0.1) is 10.5 Å². The molecule has 0 bridgehead atoms. The van der Waals surface area contributed by atoms with Crippen molar-refractivity contribution in [2.45, 2.75) is 11.5 Å². The Kier molecular flexibility index (Phi) is 5.00. The minimum absolute atomic E-state index is 0.00469. The van der Waals surface area contributed by atoms with Crippen molar-refractivity contribution in [1.29, 1.82) is 0 Å². The molecule has 0 heterocycles. The van der Waals surface area contributed by atoms with E-state index in [0.29, 0.717) is 0 Å². The number of nitro benzene ring substituents is 1. The number of carbonyl (C=O) groups excluding carboxylic acids is 1. The van der Waals surface area contributed by atoms with E-state index in [1.165, 1.54) is 12.1 Å². The van der Waals surface area contributed by atoms with Crippen LogP contribution in [0.5, 0.6) is 0 Å². The van der Waals surface area contributed by atoms with E-state index >= 15 is 0 Å². The highest BCUT2D eigenvalue weighted by atomic mass is 32.2. The van der Waals surface area contributed by atoms with E-state index in [2.05, 4.69) is 0 Å². The number of hydrogen-bond donors (Lipinski definition) is 1. The maximum Gasteiger partial charge on any atom is 0.340 e. The zero-order valence-electron chi connectivity index (χ0n) is 11.8. The number of ether oxygens (including phenoxy) is 1. The Morgan fingerprint density at radius 1 is 1.27 bits per heavy atom. The summed E-state index contributed by atoms with van der Waals surface area (Å²) < 4.78 is 5.15. The monoisotopic (exact) mass is 318 g/mol. The fraction of sp³-hybridized carbons (Fsp3) is 0.133. The van der Waals surface area contributed by atoms with E-state index in [-0.39, 0.29) is 23.5 Å². The topological polar surface area (TPSA) is 95.5 Å². The van der Waals surface area contributed by atoms with Gasteiger partial charge in [-0.1, -0.05) is 12.1 Å². The number of nitrogen functional groups attached to an aromatic ring is 1. The quantitative estimate of drug-likeness (QED) is 0.299. The molecular weight excluding hydrogens is 304 g/mol. The minimum atomic E-state index is -0.685. The predicted octanol–water partition coefficient (Wildman–Crippen LogP) is 3.26. The van der Waals surface area contributed by atoms with Crippen LogP contribution in [0.2, 0.25) is 0 Å². The van der Waals surface area contributed by atoms with Gasteiger partial charge >= 0.3 is 5.97 Å². The van der Waals surface area contributed by atoms with Gasteiger partial charge in [-0.3, -0.25) is 10.1 Å². The average Bonchev–Trinajstić information content (AvgIpc) is 2.53. The van der Waals surface area contributed by atoms with Crippen LogP contribution in [0.1, 0.15) is 15.9 Å². The third kappa shape index (κ3) is 3.76. The van der Waals surface area contributed by atoms with Crippen LogP contribution >= 0.6 is 11.8 Å². The van der Waals surface area contributed by atoms with E-state index in [0.717, 1.165) is 16.5 Å². The van der Waals surface area contributed by atoms with Crippen LogP contribution in [-0.4, -0.2) is 17.1 Å². The van der Waals surface area contributed by atoms with Crippen molar-refractivity contribution in [3.63, 3.8) is 0 Å². The normalized spacial score (nSPS) is 10.2. The van der Waals surface area contributed by atoms with E-state index in [1.807, 2.05) is 30.5 Å². The van der Waals surface area contributed by atoms with Crippen LogP contribution in [0.15, 0.2) is 47.4 Å². The van der Waals surface area contributed by atoms with Crippen LogP contribution in [0.25, 0.3) is 0 Å². The molecule has 0 radical (unpaired) electrons. The van der Waals surface area contributed by atoms with E-state index in [4.69, 9.17) is 10.5 Å². The van der Waals surface area contributed by atoms with Crippen molar-refractivity contribution in [3.05, 3.63) is 63.7 Å². The first-order valence-corrected chi connectivity index (χ1v) is 7.57. The number of benzene rings is 2. The van der Waals surface area contributed by atoms with Gasteiger partial charge in [-0.15, -0.1) is 11.8 Å². The van der Waals surface area contributed by atoms with Gasteiger partial charge < -0.3 is 10.5 Å². The summed E-state index contributed by atoms with van der Waals surface area (Å²) in [5, 5.41) is 10.7. The summed E-state index contributed by atoms with van der Waals surface area (Å²) in [6.07, 6.45) is 1.97. The number of nitro groups is 1. The molecule has 6 nitrogen and oxygen atoms in total. The summed E-state index contributed by atoms with van der Waals surface area (Å²) in [7, 11) is 0. The molecule has 0 aliphatic rings. The van der Waals surface area contributed by atoms with Gasteiger partial charge in [-0.05, 0) is 30.0 Å². The number of esters is 1. The average molecular weight is 318 g/mol. The Balaban J connectivity index is 2.08. The first-order valence-electron chi connectivity index (χ1n) is 6.35. The number of anilines is 1. The summed E-state index contributed by atoms with van der Waals surface area (Å²) in [6, 6.07) is 11.3. The van der Waals surface area contributed by atoms with E-state index in [9.17, 15) is 14.9 Å². The Bertz CT molecular complexity index is 701. The smallest absolute Gasteiger partial charge is 0.340 e. The number of thioether (sulfide) groups is 1. The molecule has 0 spiro atoms. The molecule has 22 heavy (non-hydrogen) atoms. The molecule has 0 aliphatic carbocycles. The van der Waals surface area contributed by atoms with Gasteiger partial charge in [0, 0.05) is 22.7 Å². The molecule has 0 atom stereocenters. The van der Waals surface area contributed by atoms with Crippen molar-refractivity contribution in [3.8, 4) is 0 Å². The summed E-state index contributed by atoms with van der Waals surface area (Å²) in [4.78, 5) is 23.3. The van der Waals surface area contributed by atoms with E-state index in [1.54, 1.807) is 11.8 Å². The number of nitrogens with two attached hydrogens (primary N) is 1. The lowest BCUT2D eigenvalue weighted by atomic mass is 10.1. The zero-order valence-corrected chi connectivity index (χ0v) is 12.6. The zero-order chi connectivity index (χ0) is 16.1. The van der Waals surface area contributed by atoms with Crippen molar-refractivity contribution >= 4 is 29.1 Å². The standard InChI is InChI=1S/C15H14N2O4S/c1-22-12-5-2-10(3-6-12)9-21-15(18)13-8-11(17(19)20)4-7-14(13)16/h2-8H,9,16H2,1H3. The lowest BCUT2D eigenvalue weighted by Crippen LogP contribution is -2.09. The molecule has 0 unspecified atom stereocenters. The first-order chi connectivity index (χ1) is 10.5. The summed E-state index contributed by atoms with van der Waals surface area (Å²) in [5.41, 5.74) is 6.44. The van der Waals surface area contributed by atoms with Crippen LogP contribution in [0.4, 0.5) is 11.4 Å². The third-order valence-electron chi connectivity index (χ3n) is 3.00. The molecule has 0 saturated carbocycles. The second-order valence-corrected chi connectivity index (χ2v) is 5.33. The number of carbonyl (C=O) groups is 1. The Labute approximate surface area is 131 Å². The molecule has 114 valence electrons. The van der Waals surface area contributed by atoms with Crippen molar-refractivity contribution < 1.29 is 14.5 Å². The number of rotatable bonds is 5. The SMILES string of the molecule is CSc1ccc(COC(=O)c2cc([N+](=O)[O-])ccc2N)cc1. The van der Waals surface area contributed by atoms with Gasteiger partial charge in [0.2, 0.25) is 0 Å². The lowest BCUT2D eigenvalue weighted by Gasteiger charge is -2.07. The fourth-order valence-corrected chi connectivity index (χ4v) is 2.19.